The summed E-state index contributed by atoms with van der Waals surface area (Å²) in [5.74, 6) is 0. The predicted octanol–water partition coefficient (Wildman–Crippen LogP) is 16.2. The number of furan rings is 1. The van der Waals surface area contributed by atoms with E-state index < -0.39 is 0 Å². The van der Waals surface area contributed by atoms with Gasteiger partial charge in [-0.15, -0.1) is 0 Å². The molecule has 59 heavy (non-hydrogen) atoms. The standard InChI is InChI=1S/C57H39NO/c1-57(2)50-25-11-9-22-47(50)55-51(57)26-14-28-53(55)58(40-31-29-36(30-32-40)48-34-39-17-5-6-18-41(39)42-19-7-8-20-43(42)48)52-27-12-10-21-44(52)45-23-13-24-46-49-33-37-15-3-4-16-38(37)35-54(49)59-56(45)46/h3-35H,1-2H3. The summed E-state index contributed by atoms with van der Waals surface area (Å²) in [7, 11) is 0. The number of fused-ring (bicyclic) bond motifs is 10. The topological polar surface area (TPSA) is 16.4 Å². The average Bonchev–Trinajstić information content (AvgIpc) is 3.77. The molecule has 1 aliphatic rings. The molecule has 10 aromatic carbocycles. The Morgan fingerprint density at radius 3 is 1.81 bits per heavy atom. The zero-order chi connectivity index (χ0) is 39.2. The van der Waals surface area contributed by atoms with Gasteiger partial charge in [-0.1, -0.05) is 172 Å². The Hall–Kier alpha value is -7.42. The lowest BCUT2D eigenvalue weighted by Gasteiger charge is -2.30. The first-order chi connectivity index (χ1) is 29.0. The highest BCUT2D eigenvalue weighted by Crippen LogP contribution is 2.55. The van der Waals surface area contributed by atoms with Crippen molar-refractivity contribution >= 4 is 71.3 Å². The number of hydrogen-bond acceptors (Lipinski definition) is 2. The van der Waals surface area contributed by atoms with Gasteiger partial charge in [-0.2, -0.15) is 0 Å². The highest BCUT2D eigenvalue weighted by atomic mass is 16.3. The Morgan fingerprint density at radius 2 is 0.983 bits per heavy atom. The molecular formula is C57H39NO. The van der Waals surface area contributed by atoms with E-state index in [2.05, 4.69) is 219 Å². The van der Waals surface area contributed by atoms with Crippen LogP contribution in [0.3, 0.4) is 0 Å². The van der Waals surface area contributed by atoms with Gasteiger partial charge in [0.05, 0.1) is 11.4 Å². The van der Waals surface area contributed by atoms with E-state index in [0.29, 0.717) is 0 Å². The third kappa shape index (κ3) is 5.06. The van der Waals surface area contributed by atoms with Crippen molar-refractivity contribution in [2.24, 2.45) is 0 Å². The predicted molar refractivity (Wildman–Crippen MR) is 249 cm³/mol. The number of para-hydroxylation sites is 2. The van der Waals surface area contributed by atoms with Crippen LogP contribution >= 0.6 is 0 Å². The molecule has 0 saturated carbocycles. The number of hydrogen-bond donors (Lipinski definition) is 0. The van der Waals surface area contributed by atoms with E-state index in [4.69, 9.17) is 4.42 Å². The molecule has 2 heteroatoms. The van der Waals surface area contributed by atoms with Gasteiger partial charge in [-0.25, -0.2) is 0 Å². The summed E-state index contributed by atoms with van der Waals surface area (Å²) in [5, 5.41) is 9.69. The van der Waals surface area contributed by atoms with Crippen LogP contribution in [0.5, 0.6) is 0 Å². The summed E-state index contributed by atoms with van der Waals surface area (Å²) in [5.41, 5.74) is 14.8. The van der Waals surface area contributed by atoms with Gasteiger partial charge in [-0.05, 0) is 103 Å². The van der Waals surface area contributed by atoms with Crippen LogP contribution in [0.4, 0.5) is 17.1 Å². The fraction of sp³-hybridized carbons (Fsp3) is 0.0526. The molecule has 0 N–H and O–H groups in total. The Labute approximate surface area is 343 Å². The average molecular weight is 754 g/mol. The third-order valence-corrected chi connectivity index (χ3v) is 12.8. The molecule has 1 heterocycles. The number of nitrogens with zero attached hydrogens (tertiary/aromatic N) is 1. The molecule has 0 atom stereocenters. The molecule has 0 amide bonds. The van der Waals surface area contributed by atoms with E-state index in [-0.39, 0.29) is 5.41 Å². The van der Waals surface area contributed by atoms with Gasteiger partial charge in [0.15, 0.2) is 0 Å². The lowest BCUT2D eigenvalue weighted by Crippen LogP contribution is -2.16. The highest BCUT2D eigenvalue weighted by molar-refractivity contribution is 6.15. The molecule has 1 aromatic heterocycles. The smallest absolute Gasteiger partial charge is 0.143 e. The zero-order valence-corrected chi connectivity index (χ0v) is 32.9. The Kier molecular flexibility index (Phi) is 7.31. The summed E-state index contributed by atoms with van der Waals surface area (Å²) in [4.78, 5) is 2.48. The minimum atomic E-state index is -0.141. The first-order valence-electron chi connectivity index (χ1n) is 20.5. The lowest BCUT2D eigenvalue weighted by molar-refractivity contribution is 0.660. The minimum absolute atomic E-state index is 0.141. The second-order valence-electron chi connectivity index (χ2n) is 16.4. The molecular weight excluding hydrogens is 715 g/mol. The van der Waals surface area contributed by atoms with E-state index in [0.717, 1.165) is 50.1 Å². The summed E-state index contributed by atoms with van der Waals surface area (Å²) in [6.07, 6.45) is 0. The van der Waals surface area contributed by atoms with Crippen molar-refractivity contribution < 1.29 is 4.42 Å². The van der Waals surface area contributed by atoms with Crippen LogP contribution in [0, 0.1) is 0 Å². The Morgan fingerprint density at radius 1 is 0.390 bits per heavy atom. The molecule has 0 radical (unpaired) electrons. The molecule has 278 valence electrons. The SMILES string of the molecule is CC1(C)c2ccccc2-c2c(N(c3ccc(-c4cc5ccccc5c5ccccc45)cc3)c3ccccc3-c3cccc4c3oc3cc5ccccc5cc34)cccc21. The van der Waals surface area contributed by atoms with Gasteiger partial charge in [0.2, 0.25) is 0 Å². The zero-order valence-electron chi connectivity index (χ0n) is 32.9. The third-order valence-electron chi connectivity index (χ3n) is 12.8. The first kappa shape index (κ1) is 33.7. The van der Waals surface area contributed by atoms with Crippen LogP contribution in [0.2, 0.25) is 0 Å². The van der Waals surface area contributed by atoms with Crippen LogP contribution < -0.4 is 4.90 Å². The summed E-state index contributed by atoms with van der Waals surface area (Å²) < 4.78 is 6.85. The van der Waals surface area contributed by atoms with Gasteiger partial charge < -0.3 is 9.32 Å². The molecule has 2 nitrogen and oxygen atoms in total. The monoisotopic (exact) mass is 753 g/mol. The number of anilines is 3. The maximum absolute atomic E-state index is 6.85. The van der Waals surface area contributed by atoms with Gasteiger partial charge in [0.1, 0.15) is 11.2 Å². The van der Waals surface area contributed by atoms with Gasteiger partial charge >= 0.3 is 0 Å². The van der Waals surface area contributed by atoms with Crippen LogP contribution in [-0.4, -0.2) is 0 Å². The normalized spacial score (nSPS) is 13.1. The number of rotatable bonds is 5. The van der Waals surface area contributed by atoms with E-state index in [1.807, 2.05) is 0 Å². The van der Waals surface area contributed by atoms with Crippen LogP contribution in [0.1, 0.15) is 25.0 Å². The van der Waals surface area contributed by atoms with E-state index >= 15 is 0 Å². The van der Waals surface area contributed by atoms with Crippen molar-refractivity contribution in [2.45, 2.75) is 19.3 Å². The molecule has 0 saturated heterocycles. The van der Waals surface area contributed by atoms with E-state index in [1.165, 1.54) is 65.7 Å². The Balaban J connectivity index is 1.09. The summed E-state index contributed by atoms with van der Waals surface area (Å²) in [6.45, 7) is 4.71. The molecule has 0 unspecified atom stereocenters. The second-order valence-corrected chi connectivity index (χ2v) is 16.4. The van der Waals surface area contributed by atoms with Gasteiger partial charge in [0, 0.05) is 38.6 Å². The molecule has 0 aliphatic heterocycles. The van der Waals surface area contributed by atoms with Crippen molar-refractivity contribution in [2.75, 3.05) is 4.90 Å². The molecule has 0 bridgehead atoms. The largest absolute Gasteiger partial charge is 0.455 e. The Bertz CT molecular complexity index is 3480. The number of benzene rings is 10. The van der Waals surface area contributed by atoms with Crippen LogP contribution in [-0.2, 0) is 5.41 Å². The van der Waals surface area contributed by atoms with Crippen molar-refractivity contribution in [3.63, 3.8) is 0 Å². The minimum Gasteiger partial charge on any atom is -0.455 e. The van der Waals surface area contributed by atoms with E-state index in [9.17, 15) is 0 Å². The summed E-state index contributed by atoms with van der Waals surface area (Å²) >= 11 is 0. The van der Waals surface area contributed by atoms with Crippen molar-refractivity contribution in [3.8, 4) is 33.4 Å². The molecule has 11 aromatic rings. The van der Waals surface area contributed by atoms with Crippen molar-refractivity contribution in [1.82, 2.24) is 0 Å². The van der Waals surface area contributed by atoms with Crippen molar-refractivity contribution in [3.05, 3.63) is 211 Å². The van der Waals surface area contributed by atoms with Crippen LogP contribution in [0.25, 0.3) is 87.6 Å². The van der Waals surface area contributed by atoms with Crippen molar-refractivity contribution in [1.29, 1.82) is 0 Å². The highest BCUT2D eigenvalue weighted by Gasteiger charge is 2.38. The summed E-state index contributed by atoms with van der Waals surface area (Å²) in [6, 6.07) is 73.2. The van der Waals surface area contributed by atoms with Gasteiger partial charge in [0.25, 0.3) is 0 Å². The fourth-order valence-corrected chi connectivity index (χ4v) is 10.0. The molecule has 1 aliphatic carbocycles. The fourth-order valence-electron chi connectivity index (χ4n) is 10.0. The maximum Gasteiger partial charge on any atom is 0.143 e. The lowest BCUT2D eigenvalue weighted by atomic mass is 9.82. The molecule has 0 fully saturated rings. The molecule has 12 rings (SSSR count). The van der Waals surface area contributed by atoms with E-state index in [1.54, 1.807) is 0 Å². The maximum atomic E-state index is 6.85. The van der Waals surface area contributed by atoms with Gasteiger partial charge in [-0.3, -0.25) is 0 Å². The second kappa shape index (κ2) is 12.8. The van der Waals surface area contributed by atoms with Crippen LogP contribution in [0.15, 0.2) is 205 Å². The molecule has 0 spiro atoms. The first-order valence-corrected chi connectivity index (χ1v) is 20.5. The quantitative estimate of drug-likeness (QED) is 0.163.